The number of benzene rings is 1. The maximum atomic E-state index is 13.4. The SMILES string of the molecule is C[C@H](NC(=O)c1ccoc1)C(=O)N1CCC[C@@H]1Cc1cccc(F)c1. The summed E-state index contributed by atoms with van der Waals surface area (Å²) in [6, 6.07) is 7.42. The van der Waals surface area contributed by atoms with Crippen LogP contribution in [0.15, 0.2) is 47.3 Å². The van der Waals surface area contributed by atoms with E-state index in [2.05, 4.69) is 5.32 Å². The Morgan fingerprint density at radius 3 is 2.96 bits per heavy atom. The summed E-state index contributed by atoms with van der Waals surface area (Å²) in [5.41, 5.74) is 1.26. The molecule has 2 atom stereocenters. The van der Waals surface area contributed by atoms with Gasteiger partial charge in [-0.2, -0.15) is 0 Å². The van der Waals surface area contributed by atoms with Crippen LogP contribution in [-0.4, -0.2) is 35.3 Å². The number of halogens is 1. The molecule has 2 amide bonds. The first-order chi connectivity index (χ1) is 12.0. The van der Waals surface area contributed by atoms with Gasteiger partial charge in [-0.1, -0.05) is 12.1 Å². The summed E-state index contributed by atoms with van der Waals surface area (Å²) >= 11 is 0. The van der Waals surface area contributed by atoms with Crippen LogP contribution in [0.4, 0.5) is 4.39 Å². The van der Waals surface area contributed by atoms with E-state index in [0.29, 0.717) is 18.5 Å². The van der Waals surface area contributed by atoms with Gasteiger partial charge in [0.1, 0.15) is 18.1 Å². The second kappa shape index (κ2) is 7.51. The van der Waals surface area contributed by atoms with Gasteiger partial charge >= 0.3 is 0 Å². The molecule has 6 heteroatoms. The third-order valence-corrected chi connectivity index (χ3v) is 4.52. The molecule has 2 aromatic rings. The highest BCUT2D eigenvalue weighted by Gasteiger charge is 2.32. The molecule has 0 spiro atoms. The molecular weight excluding hydrogens is 323 g/mol. The van der Waals surface area contributed by atoms with E-state index in [1.165, 1.54) is 24.7 Å². The molecule has 25 heavy (non-hydrogen) atoms. The highest BCUT2D eigenvalue weighted by Crippen LogP contribution is 2.22. The smallest absolute Gasteiger partial charge is 0.255 e. The molecule has 5 nitrogen and oxygen atoms in total. The molecule has 1 saturated heterocycles. The number of nitrogens with one attached hydrogen (secondary N) is 1. The van der Waals surface area contributed by atoms with E-state index in [9.17, 15) is 14.0 Å². The first-order valence-corrected chi connectivity index (χ1v) is 8.42. The lowest BCUT2D eigenvalue weighted by atomic mass is 10.0. The first kappa shape index (κ1) is 17.2. The number of nitrogens with zero attached hydrogens (tertiary/aromatic N) is 1. The molecule has 1 fully saturated rings. The van der Waals surface area contributed by atoms with Gasteiger partial charge < -0.3 is 14.6 Å². The van der Waals surface area contributed by atoms with Crippen LogP contribution >= 0.6 is 0 Å². The lowest BCUT2D eigenvalue weighted by molar-refractivity contribution is -0.133. The van der Waals surface area contributed by atoms with E-state index in [1.807, 2.05) is 6.07 Å². The van der Waals surface area contributed by atoms with Crippen molar-refractivity contribution in [2.45, 2.75) is 38.3 Å². The van der Waals surface area contributed by atoms with Gasteiger partial charge in [0.2, 0.25) is 5.91 Å². The number of carbonyl (C=O) groups is 2. The molecule has 1 N–H and O–H groups in total. The summed E-state index contributed by atoms with van der Waals surface area (Å²) in [5, 5.41) is 2.70. The summed E-state index contributed by atoms with van der Waals surface area (Å²) in [7, 11) is 0. The van der Waals surface area contributed by atoms with Gasteiger partial charge in [0.25, 0.3) is 5.91 Å². The monoisotopic (exact) mass is 344 g/mol. The molecule has 1 aliphatic heterocycles. The van der Waals surface area contributed by atoms with Crippen molar-refractivity contribution in [3.63, 3.8) is 0 Å². The number of furan rings is 1. The van der Waals surface area contributed by atoms with Gasteiger partial charge in [0.05, 0.1) is 11.8 Å². The van der Waals surface area contributed by atoms with Crippen LogP contribution in [0.1, 0.15) is 35.7 Å². The van der Waals surface area contributed by atoms with Gasteiger partial charge in [-0.3, -0.25) is 9.59 Å². The van der Waals surface area contributed by atoms with Crippen molar-refractivity contribution in [1.82, 2.24) is 10.2 Å². The molecular formula is C19H21FN2O3. The average molecular weight is 344 g/mol. The summed E-state index contributed by atoms with van der Waals surface area (Å²) < 4.78 is 18.3. The molecule has 0 aliphatic carbocycles. The first-order valence-electron chi connectivity index (χ1n) is 8.42. The molecule has 3 rings (SSSR count). The quantitative estimate of drug-likeness (QED) is 0.907. The molecule has 1 aromatic heterocycles. The number of carbonyl (C=O) groups excluding carboxylic acids is 2. The number of rotatable bonds is 5. The topological polar surface area (TPSA) is 62.6 Å². The van der Waals surface area contributed by atoms with Gasteiger partial charge in [-0.15, -0.1) is 0 Å². The second-order valence-electron chi connectivity index (χ2n) is 6.37. The molecule has 0 unspecified atom stereocenters. The van der Waals surface area contributed by atoms with E-state index in [0.717, 1.165) is 18.4 Å². The molecule has 2 heterocycles. The fraction of sp³-hybridized carbons (Fsp3) is 0.368. The van der Waals surface area contributed by atoms with Crippen LogP contribution < -0.4 is 5.32 Å². The van der Waals surface area contributed by atoms with Gasteiger partial charge in [0, 0.05) is 12.6 Å². The zero-order valence-corrected chi connectivity index (χ0v) is 14.1. The minimum Gasteiger partial charge on any atom is -0.472 e. The molecule has 0 saturated carbocycles. The fourth-order valence-corrected chi connectivity index (χ4v) is 3.26. The third-order valence-electron chi connectivity index (χ3n) is 4.52. The lowest BCUT2D eigenvalue weighted by Gasteiger charge is -2.28. The van der Waals surface area contributed by atoms with E-state index >= 15 is 0 Å². The second-order valence-corrected chi connectivity index (χ2v) is 6.37. The van der Waals surface area contributed by atoms with Crippen molar-refractivity contribution in [2.75, 3.05) is 6.54 Å². The summed E-state index contributed by atoms with van der Waals surface area (Å²) in [4.78, 5) is 26.6. The summed E-state index contributed by atoms with van der Waals surface area (Å²) in [5.74, 6) is -0.722. The minimum atomic E-state index is -0.629. The fourth-order valence-electron chi connectivity index (χ4n) is 3.26. The van der Waals surface area contributed by atoms with E-state index < -0.39 is 6.04 Å². The Morgan fingerprint density at radius 2 is 2.24 bits per heavy atom. The molecule has 0 bridgehead atoms. The predicted molar refractivity (Wildman–Crippen MR) is 90.5 cm³/mol. The normalized spacial score (nSPS) is 18.2. The Bertz CT molecular complexity index is 745. The Kier molecular flexibility index (Phi) is 5.16. The van der Waals surface area contributed by atoms with Crippen molar-refractivity contribution in [3.05, 3.63) is 59.8 Å². The van der Waals surface area contributed by atoms with Crippen LogP contribution in [0.5, 0.6) is 0 Å². The maximum Gasteiger partial charge on any atom is 0.255 e. The van der Waals surface area contributed by atoms with Gasteiger partial charge in [-0.25, -0.2) is 4.39 Å². The molecule has 132 valence electrons. The van der Waals surface area contributed by atoms with E-state index in [-0.39, 0.29) is 23.7 Å². The zero-order chi connectivity index (χ0) is 17.8. The van der Waals surface area contributed by atoms with Crippen LogP contribution in [0.2, 0.25) is 0 Å². The van der Waals surface area contributed by atoms with Crippen molar-refractivity contribution >= 4 is 11.8 Å². The highest BCUT2D eigenvalue weighted by molar-refractivity contribution is 5.97. The minimum absolute atomic E-state index is 0.0302. The Labute approximate surface area is 145 Å². The molecule has 1 aliphatic rings. The van der Waals surface area contributed by atoms with Crippen LogP contribution in [-0.2, 0) is 11.2 Å². The van der Waals surface area contributed by atoms with Crippen molar-refractivity contribution < 1.29 is 18.4 Å². The maximum absolute atomic E-state index is 13.4. The Hall–Kier alpha value is -2.63. The highest BCUT2D eigenvalue weighted by atomic mass is 19.1. The number of amides is 2. The average Bonchev–Trinajstić information content (AvgIpc) is 3.26. The van der Waals surface area contributed by atoms with Gasteiger partial charge in [0.15, 0.2) is 0 Å². The molecule has 1 aromatic carbocycles. The Balaban J connectivity index is 1.62. The van der Waals surface area contributed by atoms with Crippen LogP contribution in [0.3, 0.4) is 0 Å². The number of hydrogen-bond acceptors (Lipinski definition) is 3. The van der Waals surface area contributed by atoms with Crippen LogP contribution in [0, 0.1) is 5.82 Å². The van der Waals surface area contributed by atoms with E-state index in [1.54, 1.807) is 24.0 Å². The van der Waals surface area contributed by atoms with Crippen molar-refractivity contribution in [3.8, 4) is 0 Å². The number of likely N-dealkylation sites (tertiary alicyclic amines) is 1. The third kappa shape index (κ3) is 4.07. The Morgan fingerprint density at radius 1 is 1.40 bits per heavy atom. The van der Waals surface area contributed by atoms with Gasteiger partial charge in [-0.05, 0) is 49.9 Å². The summed E-state index contributed by atoms with van der Waals surface area (Å²) in [6.45, 7) is 2.34. The predicted octanol–water partition coefficient (Wildman–Crippen LogP) is 2.77. The molecule has 0 radical (unpaired) electrons. The van der Waals surface area contributed by atoms with Crippen molar-refractivity contribution in [1.29, 1.82) is 0 Å². The lowest BCUT2D eigenvalue weighted by Crippen LogP contribution is -2.49. The summed E-state index contributed by atoms with van der Waals surface area (Å²) in [6.07, 6.45) is 5.16. The van der Waals surface area contributed by atoms with Crippen LogP contribution in [0.25, 0.3) is 0 Å². The largest absolute Gasteiger partial charge is 0.472 e. The standard InChI is InChI=1S/C19H21FN2O3/c1-13(21-18(23)15-7-9-25-12-15)19(24)22-8-3-6-17(22)11-14-4-2-5-16(20)10-14/h2,4-5,7,9-10,12-13,17H,3,6,8,11H2,1H3,(H,21,23)/t13-,17+/m0/s1. The van der Waals surface area contributed by atoms with E-state index in [4.69, 9.17) is 4.42 Å². The van der Waals surface area contributed by atoms with Crippen molar-refractivity contribution in [2.24, 2.45) is 0 Å². The zero-order valence-electron chi connectivity index (χ0n) is 14.1. The number of hydrogen-bond donors (Lipinski definition) is 1.